The van der Waals surface area contributed by atoms with Gasteiger partial charge in [0, 0.05) is 17.5 Å². The Labute approximate surface area is 121 Å². The summed E-state index contributed by atoms with van der Waals surface area (Å²) in [6.45, 7) is 0.410. The molecule has 0 bridgehead atoms. The second-order valence-electron chi connectivity index (χ2n) is 4.63. The van der Waals surface area contributed by atoms with Crippen molar-refractivity contribution in [3.63, 3.8) is 0 Å². The van der Waals surface area contributed by atoms with Crippen molar-refractivity contribution in [2.24, 2.45) is 0 Å². The molecule has 0 atom stereocenters. The highest BCUT2D eigenvalue weighted by molar-refractivity contribution is 6.05. The molecule has 21 heavy (non-hydrogen) atoms. The fourth-order valence-electron chi connectivity index (χ4n) is 2.28. The van der Waals surface area contributed by atoms with Gasteiger partial charge in [0.2, 0.25) is 0 Å². The molecule has 1 amide bonds. The first-order valence-corrected chi connectivity index (χ1v) is 6.62. The molecule has 1 aromatic heterocycles. The molecule has 0 saturated heterocycles. The molecular weight excluding hydrogens is 266 g/mol. The summed E-state index contributed by atoms with van der Waals surface area (Å²) < 4.78 is 5.27. The van der Waals surface area contributed by atoms with Gasteiger partial charge in [-0.15, -0.1) is 0 Å². The van der Waals surface area contributed by atoms with Gasteiger partial charge in [0.1, 0.15) is 5.75 Å². The van der Waals surface area contributed by atoms with Gasteiger partial charge in [-0.25, -0.2) is 0 Å². The Kier molecular flexibility index (Phi) is 3.55. The van der Waals surface area contributed by atoms with Crippen LogP contribution in [0.4, 0.5) is 0 Å². The Morgan fingerprint density at radius 3 is 2.95 bits per heavy atom. The van der Waals surface area contributed by atoms with Gasteiger partial charge in [-0.3, -0.25) is 9.89 Å². The number of nitrogens with zero attached hydrogens (tertiary/aromatic N) is 1. The summed E-state index contributed by atoms with van der Waals surface area (Å²) in [5.74, 6) is 0.619. The highest BCUT2D eigenvalue weighted by atomic mass is 16.5. The van der Waals surface area contributed by atoms with Crippen molar-refractivity contribution >= 4 is 16.8 Å². The van der Waals surface area contributed by atoms with E-state index < -0.39 is 0 Å². The minimum Gasteiger partial charge on any atom is -0.496 e. The van der Waals surface area contributed by atoms with Crippen molar-refractivity contribution in [3.8, 4) is 5.75 Å². The molecular formula is C16H15N3O2. The first-order chi connectivity index (χ1) is 10.3. The molecule has 1 heterocycles. The van der Waals surface area contributed by atoms with E-state index >= 15 is 0 Å². The van der Waals surface area contributed by atoms with Gasteiger partial charge in [0.15, 0.2) is 0 Å². The van der Waals surface area contributed by atoms with E-state index in [-0.39, 0.29) is 5.91 Å². The van der Waals surface area contributed by atoms with E-state index in [1.165, 1.54) is 0 Å². The topological polar surface area (TPSA) is 67.0 Å². The van der Waals surface area contributed by atoms with Crippen molar-refractivity contribution in [1.82, 2.24) is 15.5 Å². The summed E-state index contributed by atoms with van der Waals surface area (Å²) >= 11 is 0. The number of benzene rings is 2. The van der Waals surface area contributed by atoms with Crippen LogP contribution in [0, 0.1) is 0 Å². The van der Waals surface area contributed by atoms with Crippen molar-refractivity contribution in [3.05, 3.63) is 59.8 Å². The second kappa shape index (κ2) is 5.66. The van der Waals surface area contributed by atoms with Crippen LogP contribution < -0.4 is 10.1 Å². The smallest absolute Gasteiger partial charge is 0.253 e. The zero-order valence-corrected chi connectivity index (χ0v) is 11.6. The normalized spacial score (nSPS) is 10.5. The number of nitrogens with one attached hydrogen (secondary N) is 2. The van der Waals surface area contributed by atoms with Crippen molar-refractivity contribution < 1.29 is 9.53 Å². The lowest BCUT2D eigenvalue weighted by atomic mass is 10.1. The number of carbonyl (C=O) groups excluding carboxylic acids is 1. The molecule has 5 heteroatoms. The molecule has 0 spiro atoms. The van der Waals surface area contributed by atoms with Crippen LogP contribution >= 0.6 is 0 Å². The van der Waals surface area contributed by atoms with E-state index in [0.29, 0.717) is 12.1 Å². The van der Waals surface area contributed by atoms with Crippen LogP contribution in [0.2, 0.25) is 0 Å². The van der Waals surface area contributed by atoms with Gasteiger partial charge in [-0.2, -0.15) is 5.10 Å². The molecule has 2 N–H and O–H groups in total. The maximum Gasteiger partial charge on any atom is 0.253 e. The summed E-state index contributed by atoms with van der Waals surface area (Å²) in [7, 11) is 1.62. The number of ether oxygens (including phenoxy) is 1. The standard InChI is InChI=1S/C16H15N3O2/c1-21-14-8-3-2-5-11(14)9-17-16(20)13-7-4-6-12-10-18-19-15(12)13/h2-8,10H,9H2,1H3,(H,17,20)(H,18,19). The molecule has 0 aliphatic rings. The lowest BCUT2D eigenvalue weighted by molar-refractivity contribution is 0.0952. The molecule has 3 rings (SSSR count). The number of para-hydroxylation sites is 2. The number of amides is 1. The van der Waals surface area contributed by atoms with Crippen LogP contribution in [0.5, 0.6) is 5.75 Å². The zero-order valence-electron chi connectivity index (χ0n) is 11.6. The third-order valence-electron chi connectivity index (χ3n) is 3.35. The first kappa shape index (κ1) is 13.2. The van der Waals surface area contributed by atoms with E-state index in [1.807, 2.05) is 36.4 Å². The van der Waals surface area contributed by atoms with E-state index in [4.69, 9.17) is 4.74 Å². The second-order valence-corrected chi connectivity index (χ2v) is 4.63. The molecule has 3 aromatic rings. The maximum absolute atomic E-state index is 12.3. The molecule has 0 aliphatic carbocycles. The van der Waals surface area contributed by atoms with E-state index in [9.17, 15) is 4.79 Å². The predicted octanol–water partition coefficient (Wildman–Crippen LogP) is 2.50. The number of methoxy groups -OCH3 is 1. The molecule has 5 nitrogen and oxygen atoms in total. The first-order valence-electron chi connectivity index (χ1n) is 6.62. The van der Waals surface area contributed by atoms with Gasteiger partial charge < -0.3 is 10.1 Å². The minimum absolute atomic E-state index is 0.143. The fraction of sp³-hybridized carbons (Fsp3) is 0.125. The Morgan fingerprint density at radius 1 is 1.24 bits per heavy atom. The van der Waals surface area contributed by atoms with E-state index in [2.05, 4.69) is 15.5 Å². The highest BCUT2D eigenvalue weighted by Crippen LogP contribution is 2.18. The number of hydrogen-bond donors (Lipinski definition) is 2. The third-order valence-corrected chi connectivity index (χ3v) is 3.35. The van der Waals surface area contributed by atoms with Crippen LogP contribution in [-0.4, -0.2) is 23.2 Å². The summed E-state index contributed by atoms with van der Waals surface area (Å²) in [5, 5.41) is 10.6. The summed E-state index contributed by atoms with van der Waals surface area (Å²) in [6.07, 6.45) is 1.70. The Balaban J connectivity index is 1.79. The summed E-state index contributed by atoms with van der Waals surface area (Å²) in [4.78, 5) is 12.3. The number of aromatic nitrogens is 2. The van der Waals surface area contributed by atoms with Crippen molar-refractivity contribution in [2.75, 3.05) is 7.11 Å². The van der Waals surface area contributed by atoms with Crippen LogP contribution in [0.1, 0.15) is 15.9 Å². The average molecular weight is 281 g/mol. The zero-order chi connectivity index (χ0) is 14.7. The summed E-state index contributed by atoms with van der Waals surface area (Å²) in [5.41, 5.74) is 2.26. The van der Waals surface area contributed by atoms with Crippen LogP contribution in [0.15, 0.2) is 48.7 Å². The summed E-state index contributed by atoms with van der Waals surface area (Å²) in [6, 6.07) is 13.1. The van der Waals surface area contributed by atoms with Crippen molar-refractivity contribution in [1.29, 1.82) is 0 Å². The molecule has 106 valence electrons. The highest BCUT2D eigenvalue weighted by Gasteiger charge is 2.11. The number of carbonyl (C=O) groups is 1. The van der Waals surface area contributed by atoms with Crippen LogP contribution in [0.25, 0.3) is 10.9 Å². The lowest BCUT2D eigenvalue weighted by Gasteiger charge is -2.09. The average Bonchev–Trinajstić information content (AvgIpc) is 3.01. The number of hydrogen-bond acceptors (Lipinski definition) is 3. The molecule has 0 unspecified atom stereocenters. The quantitative estimate of drug-likeness (QED) is 0.772. The fourth-order valence-corrected chi connectivity index (χ4v) is 2.28. The molecule has 0 radical (unpaired) electrons. The number of H-pyrrole nitrogens is 1. The van der Waals surface area contributed by atoms with Gasteiger partial charge in [-0.05, 0) is 12.1 Å². The number of rotatable bonds is 4. The minimum atomic E-state index is -0.143. The monoisotopic (exact) mass is 281 g/mol. The van der Waals surface area contributed by atoms with Crippen molar-refractivity contribution in [2.45, 2.75) is 6.54 Å². The molecule has 0 fully saturated rings. The van der Waals surface area contributed by atoms with Gasteiger partial charge in [-0.1, -0.05) is 30.3 Å². The van der Waals surface area contributed by atoms with Gasteiger partial charge in [0.25, 0.3) is 5.91 Å². The van der Waals surface area contributed by atoms with Gasteiger partial charge >= 0.3 is 0 Å². The lowest BCUT2D eigenvalue weighted by Crippen LogP contribution is -2.23. The molecule has 0 saturated carbocycles. The van der Waals surface area contributed by atoms with Gasteiger partial charge in [0.05, 0.1) is 24.4 Å². The number of aromatic amines is 1. The SMILES string of the molecule is COc1ccccc1CNC(=O)c1cccc2cn[nH]c12. The third kappa shape index (κ3) is 2.58. The Bertz CT molecular complexity index is 780. The Morgan fingerprint density at radius 2 is 2.10 bits per heavy atom. The van der Waals surface area contributed by atoms with Crippen LogP contribution in [-0.2, 0) is 6.54 Å². The molecule has 2 aromatic carbocycles. The van der Waals surface area contributed by atoms with Crippen LogP contribution in [0.3, 0.4) is 0 Å². The largest absolute Gasteiger partial charge is 0.496 e. The number of fused-ring (bicyclic) bond motifs is 1. The maximum atomic E-state index is 12.3. The molecule has 0 aliphatic heterocycles. The van der Waals surface area contributed by atoms with E-state index in [1.54, 1.807) is 19.4 Å². The Hall–Kier alpha value is -2.82. The van der Waals surface area contributed by atoms with E-state index in [0.717, 1.165) is 22.2 Å². The predicted molar refractivity (Wildman–Crippen MR) is 80.3 cm³/mol.